The number of fused-ring (bicyclic) bond motifs is 1. The van der Waals surface area contributed by atoms with Crippen LogP contribution in [0.25, 0.3) is 11.0 Å². The number of hydrogen-bond acceptors (Lipinski definition) is 6. The van der Waals surface area contributed by atoms with E-state index in [0.29, 0.717) is 24.4 Å². The Morgan fingerprint density at radius 3 is 2.65 bits per heavy atom. The minimum atomic E-state index is -3.55. The molecule has 1 saturated heterocycles. The van der Waals surface area contributed by atoms with Gasteiger partial charge in [-0.25, -0.2) is 17.9 Å². The van der Waals surface area contributed by atoms with Gasteiger partial charge in [0, 0.05) is 49.8 Å². The quantitative estimate of drug-likeness (QED) is 0.500. The van der Waals surface area contributed by atoms with Gasteiger partial charge in [0.25, 0.3) is 0 Å². The van der Waals surface area contributed by atoms with Crippen LogP contribution in [-0.4, -0.2) is 38.9 Å². The predicted octanol–water partition coefficient (Wildman–Crippen LogP) is 3.25. The number of rotatable bonds is 7. The molecule has 1 unspecified atom stereocenters. The van der Waals surface area contributed by atoms with E-state index in [4.69, 9.17) is 4.42 Å². The second kappa shape index (κ2) is 10.1. The molecule has 4 rings (SSSR count). The molecule has 1 aliphatic rings. The molecule has 2 aromatic carbocycles. The summed E-state index contributed by atoms with van der Waals surface area (Å²) in [5, 5.41) is 3.51. The SMILES string of the molecule is CC(=O)Nc1ccc2c(CN3CCCC(CNS(=O)(=O)c4ccc(C)cc4)C3)cc(=O)oc2c1. The number of anilines is 1. The van der Waals surface area contributed by atoms with Crippen LogP contribution in [0.4, 0.5) is 5.69 Å². The summed E-state index contributed by atoms with van der Waals surface area (Å²) in [6.07, 6.45) is 1.88. The van der Waals surface area contributed by atoms with Gasteiger partial charge in [0.1, 0.15) is 5.58 Å². The number of hydrogen-bond donors (Lipinski definition) is 2. The van der Waals surface area contributed by atoms with Crippen LogP contribution in [0.15, 0.2) is 62.6 Å². The Morgan fingerprint density at radius 1 is 1.15 bits per heavy atom. The monoisotopic (exact) mass is 483 g/mol. The Morgan fingerprint density at radius 2 is 1.91 bits per heavy atom. The molecular formula is C25H29N3O5S. The maximum Gasteiger partial charge on any atom is 0.336 e. The normalized spacial score (nSPS) is 17.1. The van der Waals surface area contributed by atoms with E-state index in [9.17, 15) is 18.0 Å². The first-order valence-corrected chi connectivity index (χ1v) is 12.8. The van der Waals surface area contributed by atoms with Gasteiger partial charge in [0.2, 0.25) is 15.9 Å². The van der Waals surface area contributed by atoms with E-state index < -0.39 is 15.6 Å². The highest BCUT2D eigenvalue weighted by Crippen LogP contribution is 2.25. The highest BCUT2D eigenvalue weighted by Gasteiger charge is 2.23. The average Bonchev–Trinajstić information content (AvgIpc) is 2.78. The zero-order valence-corrected chi connectivity index (χ0v) is 20.2. The summed E-state index contributed by atoms with van der Waals surface area (Å²) >= 11 is 0. The summed E-state index contributed by atoms with van der Waals surface area (Å²) in [5.74, 6) is -0.0260. The number of sulfonamides is 1. The van der Waals surface area contributed by atoms with Crippen molar-refractivity contribution in [1.29, 1.82) is 0 Å². The second-order valence-electron chi connectivity index (χ2n) is 8.89. The number of nitrogens with one attached hydrogen (secondary N) is 2. The predicted molar refractivity (Wildman–Crippen MR) is 131 cm³/mol. The van der Waals surface area contributed by atoms with Crippen molar-refractivity contribution in [3.8, 4) is 0 Å². The van der Waals surface area contributed by atoms with E-state index in [1.807, 2.05) is 13.0 Å². The fourth-order valence-electron chi connectivity index (χ4n) is 4.37. The minimum Gasteiger partial charge on any atom is -0.423 e. The lowest BCUT2D eigenvalue weighted by Gasteiger charge is -2.33. The van der Waals surface area contributed by atoms with Gasteiger partial charge >= 0.3 is 5.63 Å². The Hall–Kier alpha value is -3.01. The second-order valence-corrected chi connectivity index (χ2v) is 10.7. The van der Waals surface area contributed by atoms with Crippen LogP contribution in [0, 0.1) is 12.8 Å². The molecule has 1 atom stereocenters. The maximum atomic E-state index is 12.6. The molecule has 8 nitrogen and oxygen atoms in total. The van der Waals surface area contributed by atoms with E-state index >= 15 is 0 Å². The van der Waals surface area contributed by atoms with E-state index in [1.165, 1.54) is 13.0 Å². The number of aryl methyl sites for hydroxylation is 1. The van der Waals surface area contributed by atoms with Crippen molar-refractivity contribution in [3.05, 3.63) is 70.1 Å². The molecule has 9 heteroatoms. The summed E-state index contributed by atoms with van der Waals surface area (Å²) < 4.78 is 33.4. The van der Waals surface area contributed by atoms with Crippen LogP contribution < -0.4 is 15.7 Å². The summed E-state index contributed by atoms with van der Waals surface area (Å²) in [5.41, 5.74) is 2.41. The lowest BCUT2D eigenvalue weighted by atomic mass is 9.97. The third-order valence-electron chi connectivity index (χ3n) is 6.04. The number of amides is 1. The Labute approximate surface area is 199 Å². The topological polar surface area (TPSA) is 109 Å². The van der Waals surface area contributed by atoms with Gasteiger partial charge in [-0.15, -0.1) is 0 Å². The molecule has 3 aromatic rings. The van der Waals surface area contributed by atoms with Crippen LogP contribution in [0.3, 0.4) is 0 Å². The van der Waals surface area contributed by atoms with Crippen LogP contribution in [0.2, 0.25) is 0 Å². The molecule has 0 radical (unpaired) electrons. The minimum absolute atomic E-state index is 0.173. The third-order valence-corrected chi connectivity index (χ3v) is 7.48. The van der Waals surface area contributed by atoms with E-state index in [0.717, 1.165) is 42.4 Å². The number of carbonyl (C=O) groups excluding carboxylic acids is 1. The van der Waals surface area contributed by atoms with Crippen molar-refractivity contribution in [2.24, 2.45) is 5.92 Å². The van der Waals surface area contributed by atoms with Gasteiger partial charge in [-0.1, -0.05) is 17.7 Å². The van der Waals surface area contributed by atoms with Crippen molar-refractivity contribution in [2.75, 3.05) is 25.0 Å². The first kappa shape index (κ1) is 24.1. The Kier molecular flexibility index (Phi) is 7.16. The molecule has 0 spiro atoms. The highest BCUT2D eigenvalue weighted by atomic mass is 32.2. The number of carbonyl (C=O) groups is 1. The van der Waals surface area contributed by atoms with Crippen molar-refractivity contribution in [2.45, 2.75) is 38.1 Å². The van der Waals surface area contributed by atoms with Crippen LogP contribution in [0.5, 0.6) is 0 Å². The first-order chi connectivity index (χ1) is 16.2. The standard InChI is InChI=1S/C25H29N3O5S/c1-17-5-8-22(9-6-17)34(31,32)26-14-19-4-3-11-28(15-19)16-20-12-25(30)33-24-13-21(27-18(2)29)7-10-23(20)24/h5-10,12-13,19,26H,3-4,11,14-16H2,1-2H3,(H,27,29). The van der Waals surface area contributed by atoms with Gasteiger partial charge in [-0.05, 0) is 62.1 Å². The number of nitrogens with zero attached hydrogens (tertiary/aromatic N) is 1. The lowest BCUT2D eigenvalue weighted by molar-refractivity contribution is -0.114. The molecular weight excluding hydrogens is 454 g/mol. The molecule has 1 aromatic heterocycles. The summed E-state index contributed by atoms with van der Waals surface area (Å²) in [7, 11) is -3.55. The largest absolute Gasteiger partial charge is 0.423 e. The van der Waals surface area contributed by atoms with Gasteiger partial charge in [-0.3, -0.25) is 9.69 Å². The zero-order chi connectivity index (χ0) is 24.3. The van der Waals surface area contributed by atoms with E-state index in [-0.39, 0.29) is 16.7 Å². The van der Waals surface area contributed by atoms with Crippen molar-refractivity contribution in [3.63, 3.8) is 0 Å². The molecule has 0 bridgehead atoms. The average molecular weight is 484 g/mol. The molecule has 1 amide bonds. The summed E-state index contributed by atoms with van der Waals surface area (Å²) in [4.78, 5) is 26.0. The van der Waals surface area contributed by atoms with E-state index in [1.54, 1.807) is 36.4 Å². The van der Waals surface area contributed by atoms with Gasteiger partial charge < -0.3 is 9.73 Å². The molecule has 180 valence electrons. The van der Waals surface area contributed by atoms with Gasteiger partial charge in [0.15, 0.2) is 0 Å². The molecule has 2 N–H and O–H groups in total. The first-order valence-electron chi connectivity index (χ1n) is 11.3. The maximum absolute atomic E-state index is 12.6. The van der Waals surface area contributed by atoms with Gasteiger partial charge in [-0.2, -0.15) is 0 Å². The Balaban J connectivity index is 1.44. The molecule has 1 fully saturated rings. The number of piperidine rings is 1. The Bertz CT molecular complexity index is 1350. The lowest BCUT2D eigenvalue weighted by Crippen LogP contribution is -2.40. The van der Waals surface area contributed by atoms with Crippen LogP contribution in [0.1, 0.15) is 30.9 Å². The number of likely N-dealkylation sites (tertiary alicyclic amines) is 1. The van der Waals surface area contributed by atoms with Crippen molar-refractivity contribution >= 4 is 32.6 Å². The smallest absolute Gasteiger partial charge is 0.336 e. The fraction of sp³-hybridized carbons (Fsp3) is 0.360. The molecule has 2 heterocycles. The highest BCUT2D eigenvalue weighted by molar-refractivity contribution is 7.89. The van der Waals surface area contributed by atoms with E-state index in [2.05, 4.69) is 14.9 Å². The number of benzene rings is 2. The summed E-state index contributed by atoms with van der Waals surface area (Å²) in [6, 6.07) is 13.6. The zero-order valence-electron chi connectivity index (χ0n) is 19.3. The summed E-state index contributed by atoms with van der Waals surface area (Å²) in [6.45, 7) is 5.86. The molecule has 34 heavy (non-hydrogen) atoms. The molecule has 0 saturated carbocycles. The van der Waals surface area contributed by atoms with Gasteiger partial charge in [0.05, 0.1) is 4.90 Å². The van der Waals surface area contributed by atoms with Crippen LogP contribution >= 0.6 is 0 Å². The van der Waals surface area contributed by atoms with Crippen molar-refractivity contribution < 1.29 is 17.6 Å². The van der Waals surface area contributed by atoms with Crippen LogP contribution in [-0.2, 0) is 21.4 Å². The molecule has 1 aliphatic heterocycles. The van der Waals surface area contributed by atoms with Crippen molar-refractivity contribution in [1.82, 2.24) is 9.62 Å². The fourth-order valence-corrected chi connectivity index (χ4v) is 5.49. The third kappa shape index (κ3) is 5.91. The molecule has 0 aliphatic carbocycles.